The third kappa shape index (κ3) is 2.57. The minimum absolute atomic E-state index is 0.122. The van der Waals surface area contributed by atoms with Crippen molar-refractivity contribution in [1.82, 2.24) is 9.97 Å². The summed E-state index contributed by atoms with van der Waals surface area (Å²) >= 11 is 0. The van der Waals surface area contributed by atoms with E-state index in [1.165, 1.54) is 13.3 Å². The first-order valence-corrected chi connectivity index (χ1v) is 5.17. The summed E-state index contributed by atoms with van der Waals surface area (Å²) in [6.45, 7) is 0. The summed E-state index contributed by atoms with van der Waals surface area (Å²) in [4.78, 5) is 19.4. The highest BCUT2D eigenvalue weighted by molar-refractivity contribution is 5.74. The van der Waals surface area contributed by atoms with E-state index in [1.807, 2.05) is 18.2 Å². The molecule has 5 heteroatoms. The van der Waals surface area contributed by atoms with E-state index >= 15 is 0 Å². The number of aliphatic hydroxyl groups excluding tert-OH is 1. The minimum atomic E-state index is -0.987. The maximum atomic E-state index is 11.0. The van der Waals surface area contributed by atoms with E-state index in [9.17, 15) is 9.90 Å². The Labute approximate surface area is 98.1 Å². The molecule has 1 atom stereocenters. The zero-order valence-corrected chi connectivity index (χ0v) is 9.33. The van der Waals surface area contributed by atoms with Gasteiger partial charge in [0.15, 0.2) is 0 Å². The van der Waals surface area contributed by atoms with Gasteiger partial charge in [-0.2, -0.15) is 0 Å². The summed E-state index contributed by atoms with van der Waals surface area (Å²) in [6, 6.07) is 7.34. The number of hydrogen-bond acceptors (Lipinski definition) is 5. The van der Waals surface area contributed by atoms with E-state index in [4.69, 9.17) is 0 Å². The third-order valence-electron chi connectivity index (χ3n) is 2.40. The Kier molecular flexibility index (Phi) is 3.30. The zero-order chi connectivity index (χ0) is 12.3. The summed E-state index contributed by atoms with van der Waals surface area (Å²) in [5.41, 5.74) is 1.81. The van der Waals surface area contributed by atoms with E-state index in [1.54, 1.807) is 6.07 Å². The Morgan fingerprint density at radius 1 is 1.41 bits per heavy atom. The molecule has 17 heavy (non-hydrogen) atoms. The summed E-state index contributed by atoms with van der Waals surface area (Å²) in [5, 5.41) is 9.78. The van der Waals surface area contributed by atoms with Gasteiger partial charge in [-0.25, -0.2) is 4.98 Å². The van der Waals surface area contributed by atoms with Crippen molar-refractivity contribution in [2.45, 2.75) is 12.5 Å². The number of nitrogens with zero attached hydrogens (tertiary/aromatic N) is 2. The average Bonchev–Trinajstić information content (AvgIpc) is 2.38. The monoisotopic (exact) mass is 232 g/mol. The lowest BCUT2D eigenvalue weighted by molar-refractivity contribution is -0.142. The molecule has 2 rings (SSSR count). The molecule has 0 aliphatic rings. The fourth-order valence-corrected chi connectivity index (χ4v) is 1.48. The highest BCUT2D eigenvalue weighted by Crippen LogP contribution is 2.17. The van der Waals surface area contributed by atoms with Crippen molar-refractivity contribution in [1.29, 1.82) is 0 Å². The van der Waals surface area contributed by atoms with Gasteiger partial charge in [0.1, 0.15) is 6.10 Å². The van der Waals surface area contributed by atoms with Crippen molar-refractivity contribution in [3.8, 4) is 0 Å². The average molecular weight is 232 g/mol. The molecule has 1 aromatic heterocycles. The molecule has 0 aliphatic carbocycles. The quantitative estimate of drug-likeness (QED) is 0.806. The second kappa shape index (κ2) is 4.88. The molecule has 88 valence electrons. The Bertz CT molecular complexity index is 542. The molecule has 0 bridgehead atoms. The molecule has 0 saturated heterocycles. The van der Waals surface area contributed by atoms with Crippen molar-refractivity contribution >= 4 is 17.0 Å². The maximum Gasteiger partial charge on any atom is 0.308 e. The third-order valence-corrected chi connectivity index (χ3v) is 2.40. The van der Waals surface area contributed by atoms with Crippen molar-refractivity contribution in [2.75, 3.05) is 7.11 Å². The van der Waals surface area contributed by atoms with Crippen LogP contribution in [0.25, 0.3) is 11.0 Å². The molecule has 1 aromatic carbocycles. The topological polar surface area (TPSA) is 72.3 Å². The standard InChI is InChI=1S/C12H12N2O3/c1-17-12(16)6-11(15)10-7-13-8-4-2-3-5-9(8)14-10/h2-5,7,11,15H,6H2,1H3/t11-/m1/s1. The number of rotatable bonds is 3. The van der Waals surface area contributed by atoms with Crippen LogP contribution in [0.1, 0.15) is 18.2 Å². The van der Waals surface area contributed by atoms with E-state index in [0.29, 0.717) is 11.2 Å². The fraction of sp³-hybridized carbons (Fsp3) is 0.250. The molecule has 1 N–H and O–H groups in total. The highest BCUT2D eigenvalue weighted by Gasteiger charge is 2.15. The van der Waals surface area contributed by atoms with Gasteiger partial charge in [-0.05, 0) is 12.1 Å². The lowest BCUT2D eigenvalue weighted by Gasteiger charge is -2.08. The summed E-state index contributed by atoms with van der Waals surface area (Å²) in [7, 11) is 1.28. The van der Waals surface area contributed by atoms with Crippen LogP contribution >= 0.6 is 0 Å². The number of para-hydroxylation sites is 2. The van der Waals surface area contributed by atoms with E-state index in [-0.39, 0.29) is 6.42 Å². The molecule has 1 heterocycles. The molecular weight excluding hydrogens is 220 g/mol. The van der Waals surface area contributed by atoms with Gasteiger partial charge in [-0.15, -0.1) is 0 Å². The second-order valence-electron chi connectivity index (χ2n) is 3.58. The first-order chi connectivity index (χ1) is 8.20. The van der Waals surface area contributed by atoms with Gasteiger partial charge >= 0.3 is 5.97 Å². The molecule has 0 unspecified atom stereocenters. The first kappa shape index (κ1) is 11.5. The van der Waals surface area contributed by atoms with Gasteiger partial charge in [0.05, 0.1) is 36.5 Å². The molecule has 0 fully saturated rings. The van der Waals surface area contributed by atoms with Gasteiger partial charge in [0.2, 0.25) is 0 Å². The molecule has 0 spiro atoms. The number of carbonyl (C=O) groups is 1. The Morgan fingerprint density at radius 2 is 2.12 bits per heavy atom. The van der Waals surface area contributed by atoms with Crippen LogP contribution in [-0.2, 0) is 9.53 Å². The largest absolute Gasteiger partial charge is 0.469 e. The van der Waals surface area contributed by atoms with Gasteiger partial charge < -0.3 is 9.84 Å². The number of aliphatic hydroxyl groups is 1. The van der Waals surface area contributed by atoms with Gasteiger partial charge in [-0.1, -0.05) is 12.1 Å². The van der Waals surface area contributed by atoms with Crippen LogP contribution in [0.5, 0.6) is 0 Å². The second-order valence-corrected chi connectivity index (χ2v) is 3.58. The first-order valence-electron chi connectivity index (χ1n) is 5.17. The molecular formula is C12H12N2O3. The highest BCUT2D eigenvalue weighted by atomic mass is 16.5. The lowest BCUT2D eigenvalue weighted by atomic mass is 10.2. The molecule has 0 saturated carbocycles. The fourth-order valence-electron chi connectivity index (χ4n) is 1.48. The Balaban J connectivity index is 2.26. The molecule has 5 nitrogen and oxygen atoms in total. The van der Waals surface area contributed by atoms with E-state index in [2.05, 4.69) is 14.7 Å². The van der Waals surface area contributed by atoms with Crippen molar-refractivity contribution < 1.29 is 14.6 Å². The van der Waals surface area contributed by atoms with E-state index in [0.717, 1.165) is 5.52 Å². The van der Waals surface area contributed by atoms with Crippen LogP contribution in [0, 0.1) is 0 Å². The SMILES string of the molecule is COC(=O)C[C@@H](O)c1cnc2ccccc2n1. The van der Waals surface area contributed by atoms with Gasteiger partial charge in [0.25, 0.3) is 0 Å². The van der Waals surface area contributed by atoms with Gasteiger partial charge in [-0.3, -0.25) is 9.78 Å². The van der Waals surface area contributed by atoms with Crippen molar-refractivity contribution in [2.24, 2.45) is 0 Å². The van der Waals surface area contributed by atoms with Gasteiger partial charge in [0, 0.05) is 0 Å². The number of aromatic nitrogens is 2. The molecule has 2 aromatic rings. The smallest absolute Gasteiger partial charge is 0.308 e. The number of hydrogen-bond donors (Lipinski definition) is 1. The van der Waals surface area contributed by atoms with Crippen molar-refractivity contribution in [3.05, 3.63) is 36.2 Å². The number of benzene rings is 1. The van der Waals surface area contributed by atoms with Crippen LogP contribution in [0.2, 0.25) is 0 Å². The summed E-state index contributed by atoms with van der Waals surface area (Å²) in [6.07, 6.45) is 0.360. The number of methoxy groups -OCH3 is 1. The number of carbonyl (C=O) groups excluding carboxylic acids is 1. The lowest BCUT2D eigenvalue weighted by Crippen LogP contribution is -2.09. The minimum Gasteiger partial charge on any atom is -0.469 e. The number of fused-ring (bicyclic) bond motifs is 1. The summed E-state index contributed by atoms with van der Waals surface area (Å²) < 4.78 is 4.48. The molecule has 0 aliphatic heterocycles. The Hall–Kier alpha value is -2.01. The predicted octanol–water partition coefficient (Wildman–Crippen LogP) is 1.23. The predicted molar refractivity (Wildman–Crippen MR) is 61.1 cm³/mol. The number of esters is 1. The van der Waals surface area contributed by atoms with Crippen molar-refractivity contribution in [3.63, 3.8) is 0 Å². The zero-order valence-electron chi connectivity index (χ0n) is 9.33. The van der Waals surface area contributed by atoms with Crippen LogP contribution in [0.15, 0.2) is 30.5 Å². The van der Waals surface area contributed by atoms with Crippen LogP contribution in [0.3, 0.4) is 0 Å². The normalized spacial score (nSPS) is 12.4. The number of ether oxygens (including phenoxy) is 1. The molecule has 0 radical (unpaired) electrons. The van der Waals surface area contributed by atoms with Crippen LogP contribution in [0.4, 0.5) is 0 Å². The van der Waals surface area contributed by atoms with E-state index < -0.39 is 12.1 Å². The summed E-state index contributed by atoms with van der Waals surface area (Å²) in [5.74, 6) is -0.479. The molecule has 0 amide bonds. The Morgan fingerprint density at radius 3 is 2.82 bits per heavy atom. The maximum absolute atomic E-state index is 11.0. The van der Waals surface area contributed by atoms with Crippen LogP contribution in [-0.4, -0.2) is 28.2 Å². The van der Waals surface area contributed by atoms with Crippen LogP contribution < -0.4 is 0 Å².